The molecular weight excluding hydrogens is 322 g/mol. The Morgan fingerprint density at radius 2 is 1.15 bits per heavy atom. The Labute approximate surface area is 153 Å². The van der Waals surface area contributed by atoms with Crippen LogP contribution >= 0.6 is 0 Å². The lowest BCUT2D eigenvalue weighted by atomic mass is 9.76. The van der Waals surface area contributed by atoms with Crippen molar-refractivity contribution in [2.75, 3.05) is 6.54 Å². The molecule has 0 aliphatic carbocycles. The first-order valence-corrected chi connectivity index (χ1v) is 8.78. The van der Waals surface area contributed by atoms with E-state index in [0.717, 1.165) is 16.7 Å². The third-order valence-electron chi connectivity index (χ3n) is 5.40. The van der Waals surface area contributed by atoms with Crippen molar-refractivity contribution in [3.63, 3.8) is 0 Å². The summed E-state index contributed by atoms with van der Waals surface area (Å²) in [7, 11) is 0. The quantitative estimate of drug-likeness (QED) is 0.559. The lowest BCUT2D eigenvalue weighted by Gasteiger charge is -2.39. The molecule has 0 amide bonds. The Kier molecular flexibility index (Phi) is 3.89. The molecule has 1 aliphatic heterocycles. The standard InChI is InChI=1S/C23H21NO2/c1-22(21(25)26)17-24(22)23(18-11-5-2-6-12-18,19-13-7-3-8-14-19)20-15-9-4-10-16-20/h2-16H,17H2,1H3,(H,25,26). The van der Waals surface area contributed by atoms with Crippen LogP contribution in [0.5, 0.6) is 0 Å². The molecule has 0 bridgehead atoms. The van der Waals surface area contributed by atoms with Crippen molar-refractivity contribution in [1.29, 1.82) is 0 Å². The van der Waals surface area contributed by atoms with Crippen molar-refractivity contribution < 1.29 is 9.90 Å². The Balaban J connectivity index is 2.04. The highest BCUT2D eigenvalue weighted by atomic mass is 16.4. The van der Waals surface area contributed by atoms with E-state index in [9.17, 15) is 9.90 Å². The second-order valence-corrected chi connectivity index (χ2v) is 6.97. The van der Waals surface area contributed by atoms with Gasteiger partial charge in [-0.25, -0.2) is 0 Å². The van der Waals surface area contributed by atoms with Gasteiger partial charge in [0.25, 0.3) is 0 Å². The number of carbonyl (C=O) groups is 1. The fourth-order valence-corrected chi connectivity index (χ4v) is 3.95. The molecular formula is C23H21NO2. The molecule has 3 aromatic carbocycles. The van der Waals surface area contributed by atoms with Gasteiger partial charge < -0.3 is 5.11 Å². The lowest BCUT2D eigenvalue weighted by molar-refractivity contribution is -0.141. The van der Waals surface area contributed by atoms with E-state index in [4.69, 9.17) is 0 Å². The molecule has 1 N–H and O–H groups in total. The number of benzene rings is 3. The van der Waals surface area contributed by atoms with Gasteiger partial charge in [-0.1, -0.05) is 91.0 Å². The second-order valence-electron chi connectivity index (χ2n) is 6.97. The van der Waals surface area contributed by atoms with Gasteiger partial charge in [-0.05, 0) is 23.6 Å². The molecule has 26 heavy (non-hydrogen) atoms. The number of nitrogens with zero attached hydrogens (tertiary/aromatic N) is 1. The van der Waals surface area contributed by atoms with E-state index in [2.05, 4.69) is 41.3 Å². The fraction of sp³-hybridized carbons (Fsp3) is 0.174. The highest BCUT2D eigenvalue weighted by Crippen LogP contribution is 2.52. The average Bonchev–Trinajstić information content (AvgIpc) is 3.39. The van der Waals surface area contributed by atoms with Crippen LogP contribution in [0.1, 0.15) is 23.6 Å². The van der Waals surface area contributed by atoms with Gasteiger partial charge in [-0.3, -0.25) is 9.69 Å². The van der Waals surface area contributed by atoms with Crippen LogP contribution < -0.4 is 0 Å². The van der Waals surface area contributed by atoms with E-state index in [1.54, 1.807) is 6.92 Å². The number of aliphatic carboxylic acids is 1. The molecule has 0 aromatic heterocycles. The topological polar surface area (TPSA) is 40.3 Å². The predicted octanol–water partition coefficient (Wildman–Crippen LogP) is 4.14. The number of carboxylic acids is 1. The summed E-state index contributed by atoms with van der Waals surface area (Å²) >= 11 is 0. The Morgan fingerprint density at radius 3 is 1.42 bits per heavy atom. The molecule has 1 heterocycles. The maximum Gasteiger partial charge on any atom is 0.325 e. The molecule has 0 saturated carbocycles. The second kappa shape index (κ2) is 6.11. The van der Waals surface area contributed by atoms with Gasteiger partial charge in [0.2, 0.25) is 0 Å². The summed E-state index contributed by atoms with van der Waals surface area (Å²) < 4.78 is 0. The summed E-state index contributed by atoms with van der Waals surface area (Å²) in [4.78, 5) is 14.1. The van der Waals surface area contributed by atoms with Crippen LogP contribution in [0.3, 0.4) is 0 Å². The minimum absolute atomic E-state index is 0.501. The van der Waals surface area contributed by atoms with E-state index in [1.807, 2.05) is 54.6 Å². The molecule has 3 heteroatoms. The zero-order chi connectivity index (χ0) is 18.2. The monoisotopic (exact) mass is 343 g/mol. The maximum atomic E-state index is 12.0. The van der Waals surface area contributed by atoms with Gasteiger partial charge in [0.15, 0.2) is 0 Å². The van der Waals surface area contributed by atoms with Crippen LogP contribution in [-0.4, -0.2) is 28.1 Å². The van der Waals surface area contributed by atoms with Crippen molar-refractivity contribution in [2.45, 2.75) is 18.0 Å². The van der Waals surface area contributed by atoms with E-state index < -0.39 is 17.0 Å². The van der Waals surface area contributed by atoms with Crippen molar-refractivity contribution in [1.82, 2.24) is 4.90 Å². The van der Waals surface area contributed by atoms with Gasteiger partial charge >= 0.3 is 5.97 Å². The van der Waals surface area contributed by atoms with E-state index in [0.29, 0.717) is 6.54 Å². The average molecular weight is 343 g/mol. The number of carboxylic acid groups (broad SMARTS) is 1. The molecule has 0 radical (unpaired) electrons. The van der Waals surface area contributed by atoms with Crippen molar-refractivity contribution in [3.8, 4) is 0 Å². The van der Waals surface area contributed by atoms with E-state index in [1.165, 1.54) is 0 Å². The largest absolute Gasteiger partial charge is 0.480 e. The summed E-state index contributed by atoms with van der Waals surface area (Å²) in [5, 5.41) is 9.85. The van der Waals surface area contributed by atoms with Gasteiger partial charge in [-0.15, -0.1) is 0 Å². The molecule has 130 valence electrons. The molecule has 3 nitrogen and oxygen atoms in total. The van der Waals surface area contributed by atoms with Crippen LogP contribution in [-0.2, 0) is 10.3 Å². The number of rotatable bonds is 5. The van der Waals surface area contributed by atoms with Gasteiger partial charge in [0, 0.05) is 6.54 Å². The van der Waals surface area contributed by atoms with E-state index >= 15 is 0 Å². The third kappa shape index (κ3) is 2.36. The van der Waals surface area contributed by atoms with Crippen LogP contribution in [0.15, 0.2) is 91.0 Å². The zero-order valence-electron chi connectivity index (χ0n) is 14.7. The Bertz CT molecular complexity index is 812. The fourth-order valence-electron chi connectivity index (χ4n) is 3.95. The molecule has 3 aromatic rings. The zero-order valence-corrected chi connectivity index (χ0v) is 14.7. The first-order chi connectivity index (χ1) is 12.6. The first-order valence-electron chi connectivity index (χ1n) is 8.78. The summed E-state index contributed by atoms with van der Waals surface area (Å²) in [5.74, 6) is -0.787. The normalized spacial score (nSPS) is 22.0. The summed E-state index contributed by atoms with van der Waals surface area (Å²) in [5.41, 5.74) is 1.69. The first kappa shape index (κ1) is 16.6. The minimum atomic E-state index is -0.887. The van der Waals surface area contributed by atoms with Gasteiger partial charge in [-0.2, -0.15) is 0 Å². The van der Waals surface area contributed by atoms with Crippen molar-refractivity contribution >= 4 is 5.97 Å². The molecule has 2 atom stereocenters. The molecule has 0 spiro atoms. The van der Waals surface area contributed by atoms with E-state index in [-0.39, 0.29) is 0 Å². The molecule has 1 fully saturated rings. The third-order valence-corrected chi connectivity index (χ3v) is 5.40. The maximum absolute atomic E-state index is 12.0. The molecule has 1 saturated heterocycles. The smallest absolute Gasteiger partial charge is 0.325 e. The Morgan fingerprint density at radius 1 is 0.808 bits per heavy atom. The van der Waals surface area contributed by atoms with Gasteiger partial charge in [0.05, 0.1) is 5.54 Å². The van der Waals surface area contributed by atoms with Gasteiger partial charge in [0.1, 0.15) is 5.54 Å². The minimum Gasteiger partial charge on any atom is -0.480 e. The Hall–Kier alpha value is -2.91. The van der Waals surface area contributed by atoms with Crippen LogP contribution in [0, 0.1) is 0 Å². The van der Waals surface area contributed by atoms with Crippen LogP contribution in [0.25, 0.3) is 0 Å². The van der Waals surface area contributed by atoms with Crippen molar-refractivity contribution in [3.05, 3.63) is 108 Å². The highest BCUT2D eigenvalue weighted by Gasteiger charge is 2.64. The highest BCUT2D eigenvalue weighted by molar-refractivity contribution is 5.83. The lowest BCUT2D eigenvalue weighted by Crippen LogP contribution is -2.43. The molecule has 2 unspecified atom stereocenters. The number of hydrogen-bond acceptors (Lipinski definition) is 2. The predicted molar refractivity (Wildman–Crippen MR) is 102 cm³/mol. The summed E-state index contributed by atoms with van der Waals surface area (Å²) in [6, 6.07) is 30.5. The number of hydrogen-bond donors (Lipinski definition) is 1. The van der Waals surface area contributed by atoms with Crippen molar-refractivity contribution in [2.24, 2.45) is 0 Å². The molecule has 4 rings (SSSR count). The SMILES string of the molecule is CC1(C(=O)O)CN1C(c1ccccc1)(c1ccccc1)c1ccccc1. The summed E-state index contributed by atoms with van der Waals surface area (Å²) in [6.07, 6.45) is 0. The van der Waals surface area contributed by atoms with Crippen LogP contribution in [0.2, 0.25) is 0 Å². The summed E-state index contributed by atoms with van der Waals surface area (Å²) in [6.45, 7) is 2.31. The molecule has 1 aliphatic rings. The van der Waals surface area contributed by atoms with Crippen LogP contribution in [0.4, 0.5) is 0 Å².